The topological polar surface area (TPSA) is 48.7 Å². The predicted molar refractivity (Wildman–Crippen MR) is 46.5 cm³/mol. The van der Waals surface area contributed by atoms with Crippen LogP contribution in [0, 0.1) is 11.3 Å². The van der Waals surface area contributed by atoms with Gasteiger partial charge < -0.3 is 5.32 Å². The molecule has 62 valence electrons. The fourth-order valence-corrected chi connectivity index (χ4v) is 1.02. The lowest BCUT2D eigenvalue weighted by Gasteiger charge is -2.06. The van der Waals surface area contributed by atoms with Crippen LogP contribution in [0.4, 0.5) is 0 Å². The molecule has 1 atom stereocenters. The molecule has 3 heteroatoms. The Morgan fingerprint density at radius 3 is 3.08 bits per heavy atom. The van der Waals surface area contributed by atoms with Crippen LogP contribution in [-0.4, -0.2) is 18.6 Å². The Balaban J connectivity index is 2.75. The lowest BCUT2D eigenvalue weighted by atomic mass is 10.0. The third-order valence-electron chi connectivity index (χ3n) is 1.65. The summed E-state index contributed by atoms with van der Waals surface area (Å²) < 4.78 is 0. The van der Waals surface area contributed by atoms with E-state index in [1.54, 1.807) is 12.4 Å². The van der Waals surface area contributed by atoms with Crippen molar-refractivity contribution in [3.8, 4) is 6.07 Å². The highest BCUT2D eigenvalue weighted by Crippen LogP contribution is 2.11. The Kier molecular flexibility index (Phi) is 3.24. The van der Waals surface area contributed by atoms with Crippen molar-refractivity contribution in [2.45, 2.75) is 5.92 Å². The van der Waals surface area contributed by atoms with E-state index in [9.17, 15) is 0 Å². The first-order valence-corrected chi connectivity index (χ1v) is 3.82. The average Bonchev–Trinajstić information content (AvgIpc) is 2.15. The monoisotopic (exact) mass is 161 g/mol. The maximum absolute atomic E-state index is 8.79. The van der Waals surface area contributed by atoms with Gasteiger partial charge in [0.15, 0.2) is 0 Å². The molecule has 12 heavy (non-hydrogen) atoms. The molecule has 1 rings (SSSR count). The highest BCUT2D eigenvalue weighted by atomic mass is 14.8. The number of hydrogen-bond donors (Lipinski definition) is 1. The summed E-state index contributed by atoms with van der Waals surface area (Å²) in [6.07, 6.45) is 3.43. The molecule has 0 amide bonds. The molecule has 1 aromatic rings. The number of nitrogens with zero attached hydrogens (tertiary/aromatic N) is 2. The van der Waals surface area contributed by atoms with Gasteiger partial charge in [0, 0.05) is 18.9 Å². The average molecular weight is 161 g/mol. The molecule has 0 aromatic carbocycles. The van der Waals surface area contributed by atoms with E-state index < -0.39 is 0 Å². The standard InChI is InChI=1S/C9H11N3/c1-11-6-9(5-10)8-3-2-4-12-7-8/h2-4,7,9,11H,6H2,1H3. The Morgan fingerprint density at radius 2 is 2.58 bits per heavy atom. The van der Waals surface area contributed by atoms with Gasteiger partial charge in [-0.3, -0.25) is 4.98 Å². The van der Waals surface area contributed by atoms with E-state index in [0.29, 0.717) is 6.54 Å². The number of aromatic nitrogens is 1. The Labute approximate surface area is 72.1 Å². The van der Waals surface area contributed by atoms with Gasteiger partial charge in [-0.15, -0.1) is 0 Å². The van der Waals surface area contributed by atoms with Gasteiger partial charge in [-0.2, -0.15) is 5.26 Å². The van der Waals surface area contributed by atoms with Gasteiger partial charge in [-0.1, -0.05) is 6.07 Å². The van der Waals surface area contributed by atoms with Gasteiger partial charge in [-0.05, 0) is 18.7 Å². The highest BCUT2D eigenvalue weighted by Gasteiger charge is 2.07. The lowest BCUT2D eigenvalue weighted by molar-refractivity contribution is 0.731. The Bertz CT molecular complexity index is 263. The van der Waals surface area contributed by atoms with Gasteiger partial charge in [-0.25, -0.2) is 0 Å². The summed E-state index contributed by atoms with van der Waals surface area (Å²) in [4.78, 5) is 3.96. The second kappa shape index (κ2) is 4.47. The minimum atomic E-state index is -0.0938. The number of rotatable bonds is 3. The summed E-state index contributed by atoms with van der Waals surface area (Å²) in [7, 11) is 1.83. The summed E-state index contributed by atoms with van der Waals surface area (Å²) in [5.74, 6) is -0.0938. The number of likely N-dealkylation sites (N-methyl/N-ethyl adjacent to an activating group) is 1. The highest BCUT2D eigenvalue weighted by molar-refractivity contribution is 5.21. The largest absolute Gasteiger partial charge is 0.318 e. The zero-order valence-electron chi connectivity index (χ0n) is 6.99. The molecule has 0 fully saturated rings. The van der Waals surface area contributed by atoms with Gasteiger partial charge in [0.25, 0.3) is 0 Å². The minimum Gasteiger partial charge on any atom is -0.318 e. The molecule has 0 radical (unpaired) electrons. The number of hydrogen-bond acceptors (Lipinski definition) is 3. The third kappa shape index (κ3) is 2.04. The van der Waals surface area contributed by atoms with Crippen molar-refractivity contribution in [3.05, 3.63) is 30.1 Å². The quantitative estimate of drug-likeness (QED) is 0.716. The summed E-state index contributed by atoms with van der Waals surface area (Å²) in [6, 6.07) is 5.97. The molecule has 1 heterocycles. The maximum Gasteiger partial charge on any atom is 0.0851 e. The second-order valence-corrected chi connectivity index (χ2v) is 2.53. The zero-order valence-corrected chi connectivity index (χ0v) is 6.99. The van der Waals surface area contributed by atoms with E-state index in [4.69, 9.17) is 5.26 Å². The van der Waals surface area contributed by atoms with Gasteiger partial charge in [0.1, 0.15) is 0 Å². The van der Waals surface area contributed by atoms with Crippen molar-refractivity contribution < 1.29 is 0 Å². The van der Waals surface area contributed by atoms with E-state index in [2.05, 4.69) is 16.4 Å². The van der Waals surface area contributed by atoms with E-state index in [0.717, 1.165) is 5.56 Å². The number of nitriles is 1. The molecule has 0 bridgehead atoms. The summed E-state index contributed by atoms with van der Waals surface area (Å²) in [5.41, 5.74) is 0.967. The fraction of sp³-hybridized carbons (Fsp3) is 0.333. The molecule has 0 aliphatic heterocycles. The molecular formula is C9H11N3. The van der Waals surface area contributed by atoms with Crippen LogP contribution in [-0.2, 0) is 0 Å². The number of pyridine rings is 1. The van der Waals surface area contributed by atoms with Crippen LogP contribution in [0.15, 0.2) is 24.5 Å². The van der Waals surface area contributed by atoms with Crippen molar-refractivity contribution >= 4 is 0 Å². The Morgan fingerprint density at radius 1 is 1.75 bits per heavy atom. The molecule has 0 saturated carbocycles. The fourth-order valence-electron chi connectivity index (χ4n) is 1.02. The van der Waals surface area contributed by atoms with Crippen molar-refractivity contribution in [2.24, 2.45) is 0 Å². The Hall–Kier alpha value is -1.40. The third-order valence-corrected chi connectivity index (χ3v) is 1.65. The van der Waals surface area contributed by atoms with E-state index in [-0.39, 0.29) is 5.92 Å². The zero-order chi connectivity index (χ0) is 8.81. The van der Waals surface area contributed by atoms with Crippen LogP contribution in [0.1, 0.15) is 11.5 Å². The van der Waals surface area contributed by atoms with E-state index in [1.165, 1.54) is 0 Å². The molecule has 0 aliphatic rings. The molecular weight excluding hydrogens is 150 g/mol. The molecule has 1 aromatic heterocycles. The first kappa shape index (κ1) is 8.69. The first-order chi connectivity index (χ1) is 5.88. The summed E-state index contributed by atoms with van der Waals surface area (Å²) in [5, 5.41) is 11.8. The number of nitrogens with one attached hydrogen (secondary N) is 1. The summed E-state index contributed by atoms with van der Waals surface area (Å²) >= 11 is 0. The molecule has 1 unspecified atom stereocenters. The smallest absolute Gasteiger partial charge is 0.0851 e. The van der Waals surface area contributed by atoms with E-state index in [1.807, 2.05) is 19.2 Å². The predicted octanol–water partition coefficient (Wildman–Crippen LogP) is 0.908. The van der Waals surface area contributed by atoms with Crippen molar-refractivity contribution in [3.63, 3.8) is 0 Å². The van der Waals surface area contributed by atoms with Crippen LogP contribution in [0.5, 0.6) is 0 Å². The SMILES string of the molecule is CNCC(C#N)c1cccnc1. The first-order valence-electron chi connectivity index (χ1n) is 3.82. The van der Waals surface area contributed by atoms with E-state index >= 15 is 0 Å². The maximum atomic E-state index is 8.79. The van der Waals surface area contributed by atoms with Gasteiger partial charge in [0.05, 0.1) is 12.0 Å². The molecule has 0 aliphatic carbocycles. The van der Waals surface area contributed by atoms with Crippen LogP contribution >= 0.6 is 0 Å². The van der Waals surface area contributed by atoms with Crippen LogP contribution in [0.25, 0.3) is 0 Å². The minimum absolute atomic E-state index is 0.0938. The van der Waals surface area contributed by atoms with Gasteiger partial charge in [0.2, 0.25) is 0 Å². The molecule has 0 saturated heterocycles. The van der Waals surface area contributed by atoms with Gasteiger partial charge >= 0.3 is 0 Å². The van der Waals surface area contributed by atoms with Crippen molar-refractivity contribution in [1.82, 2.24) is 10.3 Å². The molecule has 0 spiro atoms. The summed E-state index contributed by atoms with van der Waals surface area (Å²) in [6.45, 7) is 0.669. The second-order valence-electron chi connectivity index (χ2n) is 2.53. The van der Waals surface area contributed by atoms with Crippen LogP contribution < -0.4 is 5.32 Å². The lowest BCUT2D eigenvalue weighted by Crippen LogP contribution is -2.15. The van der Waals surface area contributed by atoms with Crippen LogP contribution in [0.3, 0.4) is 0 Å². The molecule has 3 nitrogen and oxygen atoms in total. The normalized spacial score (nSPS) is 12.0. The van der Waals surface area contributed by atoms with Crippen molar-refractivity contribution in [2.75, 3.05) is 13.6 Å². The van der Waals surface area contributed by atoms with Crippen LogP contribution in [0.2, 0.25) is 0 Å². The molecule has 1 N–H and O–H groups in total. The van der Waals surface area contributed by atoms with Crippen molar-refractivity contribution in [1.29, 1.82) is 5.26 Å².